The maximum Gasteiger partial charge on any atom is 0.261 e. The van der Waals surface area contributed by atoms with Crippen LogP contribution in [0.5, 0.6) is 5.75 Å². The molecule has 0 atom stereocenters. The molecule has 1 aromatic heterocycles. The number of likely N-dealkylation sites (N-methyl/N-ethyl adjacent to an activating group) is 1. The standard InChI is InChI=1S/C17H22FN3O4/c1-20(2)16-14(17(22)21(3)8-9-23-4)15(25-19-16)11-6-7-12(18)13(10-11)24-5/h6-7,10H,8-9H2,1-5H3. The predicted octanol–water partition coefficient (Wildman–Crippen LogP) is 2.27. The Kier molecular flexibility index (Phi) is 5.97. The SMILES string of the molecule is COCCN(C)C(=O)c1c(N(C)C)noc1-c1ccc(F)c(OC)c1. The number of benzene rings is 1. The van der Waals surface area contributed by atoms with Gasteiger partial charge in [0.15, 0.2) is 23.1 Å². The van der Waals surface area contributed by atoms with Crippen molar-refractivity contribution in [3.05, 3.63) is 29.6 Å². The van der Waals surface area contributed by atoms with Gasteiger partial charge in [0.1, 0.15) is 5.56 Å². The first kappa shape index (κ1) is 18.7. The summed E-state index contributed by atoms with van der Waals surface area (Å²) in [6.07, 6.45) is 0. The Labute approximate surface area is 145 Å². The number of hydrogen-bond donors (Lipinski definition) is 0. The van der Waals surface area contributed by atoms with Crippen molar-refractivity contribution in [3.8, 4) is 17.1 Å². The van der Waals surface area contributed by atoms with Crippen molar-refractivity contribution in [3.63, 3.8) is 0 Å². The van der Waals surface area contributed by atoms with Crippen LogP contribution in [0.2, 0.25) is 0 Å². The first-order valence-electron chi connectivity index (χ1n) is 7.66. The van der Waals surface area contributed by atoms with E-state index in [-0.39, 0.29) is 17.4 Å². The minimum atomic E-state index is -0.497. The number of halogens is 1. The van der Waals surface area contributed by atoms with Crippen molar-refractivity contribution >= 4 is 11.7 Å². The molecule has 0 radical (unpaired) electrons. The molecule has 0 unspecified atom stereocenters. The molecule has 1 aromatic carbocycles. The van der Waals surface area contributed by atoms with Crippen LogP contribution in [0.1, 0.15) is 10.4 Å². The molecule has 0 bridgehead atoms. The smallest absolute Gasteiger partial charge is 0.261 e. The summed E-state index contributed by atoms with van der Waals surface area (Å²) in [7, 11) is 8.14. The van der Waals surface area contributed by atoms with E-state index in [1.165, 1.54) is 30.2 Å². The van der Waals surface area contributed by atoms with E-state index < -0.39 is 5.82 Å². The summed E-state index contributed by atoms with van der Waals surface area (Å²) in [5.41, 5.74) is 0.805. The van der Waals surface area contributed by atoms with Gasteiger partial charge in [-0.1, -0.05) is 5.16 Å². The summed E-state index contributed by atoms with van der Waals surface area (Å²) in [5.74, 6) is -0.0424. The lowest BCUT2D eigenvalue weighted by molar-refractivity contribution is 0.0745. The minimum Gasteiger partial charge on any atom is -0.494 e. The molecule has 25 heavy (non-hydrogen) atoms. The number of carbonyl (C=O) groups is 1. The topological polar surface area (TPSA) is 68.0 Å². The quantitative estimate of drug-likeness (QED) is 0.762. The largest absolute Gasteiger partial charge is 0.494 e. The minimum absolute atomic E-state index is 0.0615. The van der Waals surface area contributed by atoms with Crippen LogP contribution in [-0.2, 0) is 4.74 Å². The fourth-order valence-electron chi connectivity index (χ4n) is 2.30. The molecule has 8 heteroatoms. The Balaban J connectivity index is 2.51. The Morgan fingerprint density at radius 1 is 1.28 bits per heavy atom. The van der Waals surface area contributed by atoms with Gasteiger partial charge in [-0.3, -0.25) is 4.79 Å². The van der Waals surface area contributed by atoms with Crippen molar-refractivity contribution in [2.75, 3.05) is 53.4 Å². The van der Waals surface area contributed by atoms with Gasteiger partial charge in [0, 0.05) is 40.4 Å². The first-order chi connectivity index (χ1) is 11.9. The van der Waals surface area contributed by atoms with Crippen LogP contribution < -0.4 is 9.64 Å². The van der Waals surface area contributed by atoms with Crippen molar-refractivity contribution in [2.45, 2.75) is 0 Å². The average molecular weight is 351 g/mol. The Bertz CT molecular complexity index is 745. The molecule has 1 amide bonds. The maximum absolute atomic E-state index is 13.7. The number of aromatic nitrogens is 1. The highest BCUT2D eigenvalue weighted by molar-refractivity contribution is 6.04. The van der Waals surface area contributed by atoms with Crippen LogP contribution in [0, 0.1) is 5.82 Å². The molecule has 0 saturated carbocycles. The summed E-state index contributed by atoms with van der Waals surface area (Å²) >= 11 is 0. The molecule has 136 valence electrons. The lowest BCUT2D eigenvalue weighted by Gasteiger charge is -2.18. The lowest BCUT2D eigenvalue weighted by Crippen LogP contribution is -2.31. The van der Waals surface area contributed by atoms with Crippen molar-refractivity contribution in [1.82, 2.24) is 10.1 Å². The second-order valence-electron chi connectivity index (χ2n) is 5.67. The summed E-state index contributed by atoms with van der Waals surface area (Å²) in [6, 6.07) is 4.25. The highest BCUT2D eigenvalue weighted by Crippen LogP contribution is 2.34. The number of ether oxygens (including phenoxy) is 2. The third-order valence-corrected chi connectivity index (χ3v) is 3.70. The van der Waals surface area contributed by atoms with Crippen LogP contribution in [0.15, 0.2) is 22.7 Å². The van der Waals surface area contributed by atoms with E-state index in [1.807, 2.05) is 0 Å². The fraction of sp³-hybridized carbons (Fsp3) is 0.412. The molecule has 2 aromatic rings. The Morgan fingerprint density at radius 2 is 2.00 bits per heavy atom. The van der Waals surface area contributed by atoms with Gasteiger partial charge in [0.05, 0.1) is 13.7 Å². The second-order valence-corrected chi connectivity index (χ2v) is 5.67. The monoisotopic (exact) mass is 351 g/mol. The molecule has 0 aliphatic rings. The molecule has 7 nitrogen and oxygen atoms in total. The summed E-state index contributed by atoms with van der Waals surface area (Å²) in [4.78, 5) is 16.1. The second kappa shape index (κ2) is 7.98. The van der Waals surface area contributed by atoms with Gasteiger partial charge in [0.2, 0.25) is 0 Å². The fourth-order valence-corrected chi connectivity index (χ4v) is 2.30. The molecular weight excluding hydrogens is 329 g/mol. The van der Waals surface area contributed by atoms with E-state index in [4.69, 9.17) is 14.0 Å². The highest BCUT2D eigenvalue weighted by Gasteiger charge is 2.28. The van der Waals surface area contributed by atoms with E-state index in [2.05, 4.69) is 5.16 Å². The van der Waals surface area contributed by atoms with E-state index in [0.717, 1.165) is 0 Å². The molecule has 0 saturated heterocycles. The molecular formula is C17H22FN3O4. The van der Waals surface area contributed by atoms with Crippen LogP contribution in [-0.4, -0.2) is 64.5 Å². The van der Waals surface area contributed by atoms with Crippen molar-refractivity contribution < 1.29 is 23.2 Å². The van der Waals surface area contributed by atoms with Crippen LogP contribution in [0.4, 0.5) is 10.2 Å². The number of rotatable bonds is 7. The van der Waals surface area contributed by atoms with Gasteiger partial charge in [0.25, 0.3) is 5.91 Å². The van der Waals surface area contributed by atoms with Gasteiger partial charge in [-0.05, 0) is 18.2 Å². The van der Waals surface area contributed by atoms with Gasteiger partial charge in [-0.15, -0.1) is 0 Å². The Hall–Kier alpha value is -2.61. The van der Waals surface area contributed by atoms with E-state index >= 15 is 0 Å². The molecule has 0 aliphatic heterocycles. The lowest BCUT2D eigenvalue weighted by atomic mass is 10.1. The average Bonchev–Trinajstić information content (AvgIpc) is 3.04. The van der Waals surface area contributed by atoms with Crippen molar-refractivity contribution in [2.24, 2.45) is 0 Å². The van der Waals surface area contributed by atoms with Gasteiger partial charge in [-0.2, -0.15) is 0 Å². The number of hydrogen-bond acceptors (Lipinski definition) is 6. The number of amides is 1. The van der Waals surface area contributed by atoms with E-state index in [1.54, 1.807) is 33.2 Å². The summed E-state index contributed by atoms with van der Waals surface area (Å²) < 4.78 is 29.1. The number of carbonyl (C=O) groups excluding carboxylic acids is 1. The summed E-state index contributed by atoms with van der Waals surface area (Å²) in [5, 5.41) is 3.99. The zero-order valence-electron chi connectivity index (χ0n) is 15.0. The molecule has 0 aliphatic carbocycles. The van der Waals surface area contributed by atoms with Gasteiger partial charge in [-0.25, -0.2) is 4.39 Å². The van der Waals surface area contributed by atoms with E-state index in [0.29, 0.717) is 30.1 Å². The first-order valence-corrected chi connectivity index (χ1v) is 7.66. The normalized spacial score (nSPS) is 10.6. The van der Waals surface area contributed by atoms with Crippen LogP contribution in [0.25, 0.3) is 11.3 Å². The number of nitrogens with zero attached hydrogens (tertiary/aromatic N) is 3. The van der Waals surface area contributed by atoms with Crippen LogP contribution >= 0.6 is 0 Å². The van der Waals surface area contributed by atoms with Crippen LogP contribution in [0.3, 0.4) is 0 Å². The third-order valence-electron chi connectivity index (χ3n) is 3.70. The molecule has 0 N–H and O–H groups in total. The van der Waals surface area contributed by atoms with Gasteiger partial charge < -0.3 is 23.8 Å². The molecule has 0 fully saturated rings. The third kappa shape index (κ3) is 3.90. The van der Waals surface area contributed by atoms with E-state index in [9.17, 15) is 9.18 Å². The number of methoxy groups -OCH3 is 2. The predicted molar refractivity (Wildman–Crippen MR) is 91.6 cm³/mol. The molecule has 2 rings (SSSR count). The zero-order chi connectivity index (χ0) is 18.6. The molecule has 1 heterocycles. The van der Waals surface area contributed by atoms with Gasteiger partial charge >= 0.3 is 0 Å². The maximum atomic E-state index is 13.7. The zero-order valence-corrected chi connectivity index (χ0v) is 15.0. The molecule has 0 spiro atoms. The Morgan fingerprint density at radius 3 is 2.60 bits per heavy atom. The highest BCUT2D eigenvalue weighted by atomic mass is 19.1. The van der Waals surface area contributed by atoms with Crippen molar-refractivity contribution in [1.29, 1.82) is 0 Å². The number of anilines is 1. The summed E-state index contributed by atoms with van der Waals surface area (Å²) in [6.45, 7) is 0.823.